The maximum atomic E-state index is 5.89. The van der Waals surface area contributed by atoms with Gasteiger partial charge in [-0.1, -0.05) is 17.8 Å². The highest BCUT2D eigenvalue weighted by atomic mass is 32.2. The van der Waals surface area contributed by atoms with E-state index in [-0.39, 0.29) is 0 Å². The lowest BCUT2D eigenvalue weighted by Crippen LogP contribution is -2.01. The van der Waals surface area contributed by atoms with E-state index in [9.17, 15) is 0 Å². The summed E-state index contributed by atoms with van der Waals surface area (Å²) in [5, 5.41) is 11.7. The molecule has 0 radical (unpaired) electrons. The third kappa shape index (κ3) is 4.55. The second kappa shape index (κ2) is 9.60. The monoisotopic (exact) mass is 475 g/mol. The summed E-state index contributed by atoms with van der Waals surface area (Å²) in [6.07, 6.45) is 3.54. The summed E-state index contributed by atoms with van der Waals surface area (Å²) in [5.41, 5.74) is 2.73. The lowest BCUT2D eigenvalue weighted by molar-refractivity contribution is 0.340. The van der Waals surface area contributed by atoms with Crippen molar-refractivity contribution in [3.05, 3.63) is 77.8 Å². The van der Waals surface area contributed by atoms with Crippen molar-refractivity contribution in [2.75, 3.05) is 6.61 Å². The van der Waals surface area contributed by atoms with Gasteiger partial charge in [-0.3, -0.25) is 9.55 Å². The van der Waals surface area contributed by atoms with Gasteiger partial charge < -0.3 is 9.15 Å². The van der Waals surface area contributed by atoms with Gasteiger partial charge in [-0.15, -0.1) is 21.5 Å². The Kier molecular flexibility index (Phi) is 6.23. The number of aromatic nitrogens is 5. The highest BCUT2D eigenvalue weighted by Crippen LogP contribution is 2.32. The smallest absolute Gasteiger partial charge is 0.236 e. The third-order valence-electron chi connectivity index (χ3n) is 4.92. The highest BCUT2D eigenvalue weighted by molar-refractivity contribution is 7.98. The van der Waals surface area contributed by atoms with E-state index < -0.39 is 0 Å². The van der Waals surface area contributed by atoms with Crippen molar-refractivity contribution in [2.45, 2.75) is 24.8 Å². The molecule has 33 heavy (non-hydrogen) atoms. The van der Waals surface area contributed by atoms with Crippen LogP contribution in [0.1, 0.15) is 18.4 Å². The van der Waals surface area contributed by atoms with Gasteiger partial charge in [-0.2, -0.15) is 0 Å². The zero-order valence-corrected chi connectivity index (χ0v) is 19.8. The lowest BCUT2D eigenvalue weighted by atomic mass is 10.2. The predicted molar refractivity (Wildman–Crippen MR) is 130 cm³/mol. The molecule has 0 unspecified atom stereocenters. The first-order valence-corrected chi connectivity index (χ1v) is 12.3. The number of hydrogen-bond donors (Lipinski definition) is 0. The quantitative estimate of drug-likeness (QED) is 0.253. The minimum absolute atomic E-state index is 0.614. The fraction of sp³-hybridized carbons (Fsp3) is 0.167. The molecule has 4 heterocycles. The van der Waals surface area contributed by atoms with Crippen molar-refractivity contribution in [1.29, 1.82) is 0 Å². The zero-order chi connectivity index (χ0) is 22.6. The molecular weight excluding hydrogens is 454 g/mol. The first-order chi connectivity index (χ1) is 16.2. The molecule has 7 nitrogen and oxygen atoms in total. The summed E-state index contributed by atoms with van der Waals surface area (Å²) in [4.78, 5) is 9.97. The van der Waals surface area contributed by atoms with Crippen LogP contribution in [0.25, 0.3) is 27.8 Å². The van der Waals surface area contributed by atoms with Crippen LogP contribution in [0.2, 0.25) is 0 Å². The van der Waals surface area contributed by atoms with Gasteiger partial charge in [0, 0.05) is 29.4 Å². The van der Waals surface area contributed by atoms with Crippen molar-refractivity contribution < 1.29 is 9.15 Å². The van der Waals surface area contributed by atoms with Gasteiger partial charge in [0.15, 0.2) is 11.0 Å². The molecule has 9 heteroatoms. The van der Waals surface area contributed by atoms with E-state index in [1.54, 1.807) is 35.5 Å². The molecule has 0 bridgehead atoms. The average molecular weight is 476 g/mol. The zero-order valence-electron chi connectivity index (χ0n) is 18.1. The molecule has 0 N–H and O–H groups in total. The van der Waals surface area contributed by atoms with Crippen LogP contribution in [-0.4, -0.2) is 31.3 Å². The fourth-order valence-electron chi connectivity index (χ4n) is 3.34. The van der Waals surface area contributed by atoms with Crippen LogP contribution < -0.4 is 4.74 Å². The molecule has 0 amide bonds. The van der Waals surface area contributed by atoms with Crippen LogP contribution in [0.4, 0.5) is 0 Å². The number of ether oxygens (including phenoxy) is 1. The molecule has 5 aromatic rings. The number of aryl methyl sites for hydroxylation is 1. The number of nitrogens with zero attached hydrogens (tertiary/aromatic N) is 5. The molecule has 0 saturated heterocycles. The van der Waals surface area contributed by atoms with E-state index >= 15 is 0 Å². The van der Waals surface area contributed by atoms with Crippen molar-refractivity contribution >= 4 is 23.1 Å². The van der Waals surface area contributed by atoms with Gasteiger partial charge in [0.05, 0.1) is 17.2 Å². The Labute approximate surface area is 199 Å². The molecule has 166 valence electrons. The number of rotatable bonds is 8. The molecule has 0 fully saturated rings. The number of hydrogen-bond acceptors (Lipinski definition) is 8. The maximum absolute atomic E-state index is 5.89. The number of thioether (sulfide) groups is 1. The molecule has 5 rings (SSSR count). The summed E-state index contributed by atoms with van der Waals surface area (Å²) in [6, 6.07) is 15.8. The topological polar surface area (TPSA) is 78.9 Å². The largest absolute Gasteiger partial charge is 0.494 e. The Morgan fingerprint density at radius 3 is 2.70 bits per heavy atom. The molecule has 0 aliphatic heterocycles. The number of benzene rings is 1. The molecular formula is C24H21N5O2S2. The van der Waals surface area contributed by atoms with Gasteiger partial charge in [0.2, 0.25) is 5.89 Å². The minimum Gasteiger partial charge on any atom is -0.494 e. The standard InChI is InChI=1S/C24H21N5O2S2/c1-3-30-19-10-8-18(9-11-19)29-22(17-6-4-12-25-14-17)27-28-24(29)33-15-20-16(2)31-23(26-20)21-7-5-13-32-21/h4-14H,3,15H2,1-2H3. The van der Waals surface area contributed by atoms with E-state index in [1.165, 1.54) is 0 Å². The average Bonchev–Trinajstić information content (AvgIpc) is 3.59. The first-order valence-electron chi connectivity index (χ1n) is 10.4. The van der Waals surface area contributed by atoms with Crippen LogP contribution >= 0.6 is 23.1 Å². The van der Waals surface area contributed by atoms with Gasteiger partial charge >= 0.3 is 0 Å². The second-order valence-corrected chi connectivity index (χ2v) is 8.99. The number of thiophene rings is 1. The Morgan fingerprint density at radius 2 is 1.97 bits per heavy atom. The fourth-order valence-corrected chi connectivity index (χ4v) is 4.94. The van der Waals surface area contributed by atoms with Gasteiger partial charge in [-0.05, 0) is 61.7 Å². The van der Waals surface area contributed by atoms with Gasteiger partial charge in [-0.25, -0.2) is 4.98 Å². The molecule has 0 spiro atoms. The Balaban J connectivity index is 1.47. The number of pyridine rings is 1. The molecule has 4 aromatic heterocycles. The summed E-state index contributed by atoms with van der Waals surface area (Å²) >= 11 is 3.18. The normalized spacial score (nSPS) is 11.1. The van der Waals surface area contributed by atoms with Crippen LogP contribution in [0, 0.1) is 6.92 Å². The van der Waals surface area contributed by atoms with Crippen molar-refractivity contribution in [3.8, 4) is 33.6 Å². The highest BCUT2D eigenvalue weighted by Gasteiger charge is 2.19. The van der Waals surface area contributed by atoms with Gasteiger partial charge in [0.25, 0.3) is 0 Å². The second-order valence-electron chi connectivity index (χ2n) is 7.10. The van der Waals surface area contributed by atoms with Crippen LogP contribution in [-0.2, 0) is 5.75 Å². The Morgan fingerprint density at radius 1 is 1.09 bits per heavy atom. The van der Waals surface area contributed by atoms with E-state index in [0.29, 0.717) is 18.3 Å². The molecule has 0 saturated carbocycles. The minimum atomic E-state index is 0.614. The van der Waals surface area contributed by atoms with Crippen molar-refractivity contribution in [3.63, 3.8) is 0 Å². The molecule has 1 aromatic carbocycles. The lowest BCUT2D eigenvalue weighted by Gasteiger charge is -2.11. The van der Waals surface area contributed by atoms with E-state index in [0.717, 1.165) is 44.3 Å². The van der Waals surface area contributed by atoms with Gasteiger partial charge in [0.1, 0.15) is 11.5 Å². The Bertz CT molecular complexity index is 1330. The van der Waals surface area contributed by atoms with Crippen LogP contribution in [0.15, 0.2) is 75.9 Å². The molecule has 0 aliphatic rings. The van der Waals surface area contributed by atoms with E-state index in [4.69, 9.17) is 14.1 Å². The Hall–Kier alpha value is -3.43. The predicted octanol–water partition coefficient (Wildman–Crippen LogP) is 6.05. The van der Waals surface area contributed by atoms with Crippen molar-refractivity contribution in [1.82, 2.24) is 24.7 Å². The van der Waals surface area contributed by atoms with Crippen LogP contribution in [0.3, 0.4) is 0 Å². The summed E-state index contributed by atoms with van der Waals surface area (Å²) in [7, 11) is 0. The summed E-state index contributed by atoms with van der Waals surface area (Å²) in [6.45, 7) is 4.54. The molecule has 0 atom stereocenters. The molecule has 0 aliphatic carbocycles. The summed E-state index contributed by atoms with van der Waals surface area (Å²) < 4.78 is 13.5. The van der Waals surface area contributed by atoms with Crippen LogP contribution in [0.5, 0.6) is 5.75 Å². The van der Waals surface area contributed by atoms with E-state index in [1.807, 2.05) is 72.3 Å². The third-order valence-corrected chi connectivity index (χ3v) is 6.72. The van der Waals surface area contributed by atoms with Crippen molar-refractivity contribution in [2.24, 2.45) is 0 Å². The summed E-state index contributed by atoms with van der Waals surface area (Å²) in [5.74, 6) is 3.63. The SMILES string of the molecule is CCOc1ccc(-n2c(SCc3nc(-c4cccs4)oc3C)nnc2-c2cccnc2)cc1. The number of oxazole rings is 1. The van der Waals surface area contributed by atoms with E-state index in [2.05, 4.69) is 15.2 Å². The first kappa shape index (κ1) is 21.4. The maximum Gasteiger partial charge on any atom is 0.236 e.